The minimum atomic E-state index is -4.01. The number of alkyl carbamates (subject to hydrolysis) is 1. The SMILES string of the molecule is Cc1ccc(S(=O)(=O)n2c(CNC(=O)C3(C)CC3)cc3cc(Cl)c(CNC(=O)OC(C)(C)C)cc32)cc1. The molecule has 2 N–H and O–H groups in total. The van der Waals surface area contributed by atoms with E-state index in [4.69, 9.17) is 16.3 Å². The third-order valence-electron chi connectivity index (χ3n) is 6.36. The molecular formula is C27H32ClN3O5S. The van der Waals surface area contributed by atoms with Gasteiger partial charge in [-0.05, 0) is 76.4 Å². The summed E-state index contributed by atoms with van der Waals surface area (Å²) in [6.07, 6.45) is 1.02. The van der Waals surface area contributed by atoms with Gasteiger partial charge in [-0.1, -0.05) is 36.2 Å². The molecule has 198 valence electrons. The fraction of sp³-hybridized carbons (Fsp3) is 0.407. The van der Waals surface area contributed by atoms with Gasteiger partial charge < -0.3 is 15.4 Å². The van der Waals surface area contributed by atoms with Gasteiger partial charge >= 0.3 is 6.09 Å². The summed E-state index contributed by atoms with van der Waals surface area (Å²) in [7, 11) is -4.01. The van der Waals surface area contributed by atoms with Crippen molar-refractivity contribution in [2.75, 3.05) is 0 Å². The molecule has 2 aromatic carbocycles. The van der Waals surface area contributed by atoms with Gasteiger partial charge in [0.15, 0.2) is 0 Å². The monoisotopic (exact) mass is 545 g/mol. The van der Waals surface area contributed by atoms with Gasteiger partial charge in [-0.3, -0.25) is 4.79 Å². The molecule has 1 aliphatic carbocycles. The predicted molar refractivity (Wildman–Crippen MR) is 143 cm³/mol. The van der Waals surface area contributed by atoms with E-state index in [0.717, 1.165) is 18.4 Å². The largest absolute Gasteiger partial charge is 0.444 e. The zero-order valence-electron chi connectivity index (χ0n) is 21.6. The summed E-state index contributed by atoms with van der Waals surface area (Å²) in [5.74, 6) is -0.0997. The Morgan fingerprint density at radius 1 is 1.05 bits per heavy atom. The third kappa shape index (κ3) is 5.93. The van der Waals surface area contributed by atoms with E-state index in [1.165, 1.54) is 3.97 Å². The van der Waals surface area contributed by atoms with Crippen LogP contribution in [0.15, 0.2) is 47.4 Å². The molecule has 0 unspecified atom stereocenters. The lowest BCUT2D eigenvalue weighted by molar-refractivity contribution is -0.125. The summed E-state index contributed by atoms with van der Waals surface area (Å²) in [5, 5.41) is 6.53. The summed E-state index contributed by atoms with van der Waals surface area (Å²) in [4.78, 5) is 24.9. The van der Waals surface area contributed by atoms with Crippen molar-refractivity contribution in [3.63, 3.8) is 0 Å². The van der Waals surface area contributed by atoms with E-state index >= 15 is 0 Å². The zero-order valence-corrected chi connectivity index (χ0v) is 23.2. The van der Waals surface area contributed by atoms with Gasteiger partial charge in [0.25, 0.3) is 10.0 Å². The fourth-order valence-electron chi connectivity index (χ4n) is 3.94. The molecule has 0 saturated heterocycles. The third-order valence-corrected chi connectivity index (χ3v) is 8.49. The van der Waals surface area contributed by atoms with Gasteiger partial charge in [0, 0.05) is 22.4 Å². The number of ether oxygens (including phenoxy) is 1. The van der Waals surface area contributed by atoms with Crippen LogP contribution in [0.4, 0.5) is 4.79 Å². The van der Waals surface area contributed by atoms with Crippen molar-refractivity contribution in [1.29, 1.82) is 0 Å². The van der Waals surface area contributed by atoms with Crippen LogP contribution in [0.2, 0.25) is 5.02 Å². The molecule has 0 aliphatic heterocycles. The average molecular weight is 546 g/mol. The number of nitrogens with zero attached hydrogens (tertiary/aromatic N) is 1. The van der Waals surface area contributed by atoms with Gasteiger partial charge in [0.05, 0.1) is 22.7 Å². The van der Waals surface area contributed by atoms with Gasteiger partial charge in [0.1, 0.15) is 5.60 Å². The second kappa shape index (κ2) is 9.68. The van der Waals surface area contributed by atoms with Crippen LogP contribution in [0, 0.1) is 12.3 Å². The lowest BCUT2D eigenvalue weighted by Gasteiger charge is -2.20. The maximum absolute atomic E-state index is 13.8. The first-order chi connectivity index (χ1) is 17.2. The Labute approximate surface area is 222 Å². The Morgan fingerprint density at radius 2 is 1.70 bits per heavy atom. The quantitative estimate of drug-likeness (QED) is 0.420. The van der Waals surface area contributed by atoms with Crippen molar-refractivity contribution in [3.05, 3.63) is 64.3 Å². The molecule has 0 atom stereocenters. The minimum Gasteiger partial charge on any atom is -0.444 e. The molecule has 1 heterocycles. The van der Waals surface area contributed by atoms with E-state index in [1.54, 1.807) is 63.2 Å². The normalized spacial score (nSPS) is 14.9. The number of nitrogens with one attached hydrogen (secondary N) is 2. The number of amides is 2. The highest BCUT2D eigenvalue weighted by atomic mass is 35.5. The van der Waals surface area contributed by atoms with Crippen LogP contribution < -0.4 is 10.6 Å². The summed E-state index contributed by atoms with van der Waals surface area (Å²) < 4.78 is 34.2. The standard InChI is InChI=1S/C27H32ClN3O5S/c1-17-6-8-21(9-7-17)37(34,35)31-20(16-29-24(32)27(5)10-11-27)12-18-13-22(28)19(14-23(18)31)15-30-25(33)36-26(2,3)4/h6-9,12-14H,10-11,15-16H2,1-5H3,(H,29,32)(H,30,33). The lowest BCUT2D eigenvalue weighted by atomic mass is 10.1. The Morgan fingerprint density at radius 3 is 2.30 bits per heavy atom. The molecule has 8 nitrogen and oxygen atoms in total. The molecule has 10 heteroatoms. The highest BCUT2D eigenvalue weighted by Crippen LogP contribution is 2.45. The van der Waals surface area contributed by atoms with Crippen molar-refractivity contribution in [3.8, 4) is 0 Å². The van der Waals surface area contributed by atoms with Crippen LogP contribution in [0.25, 0.3) is 10.9 Å². The molecule has 1 fully saturated rings. The van der Waals surface area contributed by atoms with Crippen LogP contribution in [0.1, 0.15) is 57.4 Å². The van der Waals surface area contributed by atoms with E-state index in [0.29, 0.717) is 27.2 Å². The van der Waals surface area contributed by atoms with E-state index < -0.39 is 27.1 Å². The number of aryl methyl sites for hydroxylation is 1. The Balaban J connectivity index is 1.75. The zero-order chi connectivity index (χ0) is 27.2. The van der Waals surface area contributed by atoms with Crippen LogP contribution in [-0.2, 0) is 32.6 Å². The highest BCUT2D eigenvalue weighted by Gasteiger charge is 2.44. The molecule has 0 radical (unpaired) electrons. The maximum atomic E-state index is 13.8. The van der Waals surface area contributed by atoms with Gasteiger partial charge in [-0.15, -0.1) is 0 Å². The second-order valence-corrected chi connectivity index (χ2v) is 13.0. The molecule has 4 rings (SSSR count). The first-order valence-electron chi connectivity index (χ1n) is 12.1. The number of carbonyl (C=O) groups is 2. The summed E-state index contributed by atoms with van der Waals surface area (Å²) in [5.41, 5.74) is 1.21. The van der Waals surface area contributed by atoms with E-state index in [9.17, 15) is 18.0 Å². The number of hydrogen-bond donors (Lipinski definition) is 2. The molecule has 37 heavy (non-hydrogen) atoms. The van der Waals surface area contributed by atoms with Gasteiger partial charge in [0.2, 0.25) is 5.91 Å². The summed E-state index contributed by atoms with van der Waals surface area (Å²) in [6.45, 7) is 9.15. The van der Waals surface area contributed by atoms with Crippen molar-refractivity contribution in [2.24, 2.45) is 5.41 Å². The fourth-order valence-corrected chi connectivity index (χ4v) is 5.72. The van der Waals surface area contributed by atoms with Crippen LogP contribution in [0.5, 0.6) is 0 Å². The van der Waals surface area contributed by atoms with Crippen LogP contribution in [-0.4, -0.2) is 30.0 Å². The first-order valence-corrected chi connectivity index (χ1v) is 13.9. The van der Waals surface area contributed by atoms with E-state index in [-0.39, 0.29) is 23.9 Å². The molecule has 1 aliphatic rings. The molecular weight excluding hydrogens is 514 g/mol. The Kier molecular flexibility index (Phi) is 7.07. The molecule has 0 bridgehead atoms. The average Bonchev–Trinajstić information content (AvgIpc) is 3.45. The minimum absolute atomic E-state index is 0.0390. The van der Waals surface area contributed by atoms with Crippen molar-refractivity contribution in [1.82, 2.24) is 14.6 Å². The van der Waals surface area contributed by atoms with Crippen molar-refractivity contribution < 1.29 is 22.7 Å². The Hall–Kier alpha value is -3.04. The number of rotatable bonds is 7. The Bertz CT molecular complexity index is 1470. The number of benzene rings is 2. The lowest BCUT2D eigenvalue weighted by Crippen LogP contribution is -2.32. The van der Waals surface area contributed by atoms with Crippen molar-refractivity contribution in [2.45, 2.75) is 71.0 Å². The summed E-state index contributed by atoms with van der Waals surface area (Å²) in [6, 6.07) is 11.6. The number of fused-ring (bicyclic) bond motifs is 1. The number of hydrogen-bond acceptors (Lipinski definition) is 5. The molecule has 2 amide bonds. The van der Waals surface area contributed by atoms with E-state index in [1.807, 2.05) is 13.8 Å². The molecule has 1 saturated carbocycles. The second-order valence-electron chi connectivity index (χ2n) is 10.8. The van der Waals surface area contributed by atoms with Gasteiger partial charge in [-0.2, -0.15) is 0 Å². The smallest absolute Gasteiger partial charge is 0.407 e. The number of carbonyl (C=O) groups excluding carboxylic acids is 2. The van der Waals surface area contributed by atoms with Crippen molar-refractivity contribution >= 4 is 44.5 Å². The molecule has 3 aromatic rings. The molecule has 0 spiro atoms. The summed E-state index contributed by atoms with van der Waals surface area (Å²) >= 11 is 6.51. The maximum Gasteiger partial charge on any atom is 0.407 e. The van der Waals surface area contributed by atoms with Gasteiger partial charge in [-0.25, -0.2) is 17.2 Å². The van der Waals surface area contributed by atoms with E-state index in [2.05, 4.69) is 10.6 Å². The first kappa shape index (κ1) is 27.0. The molecule has 1 aromatic heterocycles. The highest BCUT2D eigenvalue weighted by molar-refractivity contribution is 7.90. The number of aromatic nitrogens is 1. The van der Waals surface area contributed by atoms with Crippen LogP contribution in [0.3, 0.4) is 0 Å². The predicted octanol–water partition coefficient (Wildman–Crippen LogP) is 5.28. The number of halogens is 1. The topological polar surface area (TPSA) is 107 Å². The van der Waals surface area contributed by atoms with Crippen LogP contribution >= 0.6 is 11.6 Å².